The van der Waals surface area contributed by atoms with Crippen molar-refractivity contribution in [2.24, 2.45) is 7.05 Å². The van der Waals surface area contributed by atoms with E-state index in [0.29, 0.717) is 11.6 Å². The topological polar surface area (TPSA) is 86.2 Å². The molecule has 0 bridgehead atoms. The van der Waals surface area contributed by atoms with Crippen LogP contribution in [0.25, 0.3) is 16.8 Å². The van der Waals surface area contributed by atoms with Crippen LogP contribution in [0.5, 0.6) is 0 Å². The summed E-state index contributed by atoms with van der Waals surface area (Å²) < 4.78 is 4.49. The Bertz CT molecular complexity index is 1170. The van der Waals surface area contributed by atoms with E-state index in [1.54, 1.807) is 12.1 Å². The Balaban J connectivity index is 1.68. The summed E-state index contributed by atoms with van der Waals surface area (Å²) in [7, 11) is 1.84. The monoisotopic (exact) mass is 336 g/mol. The number of amides is 1. The summed E-state index contributed by atoms with van der Waals surface area (Å²) in [4.78, 5) is 29.1. The summed E-state index contributed by atoms with van der Waals surface area (Å²) in [6.45, 7) is 1.66. The van der Waals surface area contributed by atoms with Crippen LogP contribution in [-0.4, -0.2) is 29.6 Å². The first-order chi connectivity index (χ1) is 12.0. The number of rotatable bonds is 3. The lowest BCUT2D eigenvalue weighted by atomic mass is 10.3. The van der Waals surface area contributed by atoms with Gasteiger partial charge in [-0.1, -0.05) is 18.2 Å². The molecule has 8 heteroatoms. The number of anilines is 1. The number of benzene rings is 1. The van der Waals surface area contributed by atoms with Crippen LogP contribution in [0.4, 0.5) is 5.82 Å². The normalized spacial score (nSPS) is 11.3. The molecule has 8 nitrogen and oxygen atoms in total. The van der Waals surface area contributed by atoms with E-state index in [1.807, 2.05) is 48.9 Å². The highest BCUT2D eigenvalue weighted by Crippen LogP contribution is 2.16. The number of hydrogen-bond acceptors (Lipinski definition) is 4. The van der Waals surface area contributed by atoms with E-state index in [9.17, 15) is 9.59 Å². The average Bonchev–Trinajstić information content (AvgIpc) is 3.04. The molecule has 3 heterocycles. The number of carbonyl (C=O) groups excluding carboxylic acids is 1. The predicted molar refractivity (Wildman–Crippen MR) is 93.5 cm³/mol. The highest BCUT2D eigenvalue weighted by molar-refractivity contribution is 5.89. The van der Waals surface area contributed by atoms with Gasteiger partial charge >= 0.3 is 5.69 Å². The van der Waals surface area contributed by atoms with Gasteiger partial charge in [0.05, 0.1) is 11.0 Å². The fourth-order valence-electron chi connectivity index (χ4n) is 2.90. The Morgan fingerprint density at radius 3 is 2.64 bits per heavy atom. The van der Waals surface area contributed by atoms with Crippen LogP contribution in [0, 0.1) is 6.92 Å². The number of nitrogens with one attached hydrogen (secondary N) is 1. The van der Waals surface area contributed by atoms with Gasteiger partial charge in [0.1, 0.15) is 12.4 Å². The number of fused-ring (bicyclic) bond motifs is 3. The molecule has 4 aromatic rings. The average molecular weight is 336 g/mol. The molecular formula is C17H16N6O2. The van der Waals surface area contributed by atoms with Crippen molar-refractivity contribution in [3.05, 3.63) is 58.6 Å². The lowest BCUT2D eigenvalue weighted by molar-refractivity contribution is -0.117. The number of pyridine rings is 1. The zero-order valence-corrected chi connectivity index (χ0v) is 13.8. The van der Waals surface area contributed by atoms with Gasteiger partial charge in [-0.15, -0.1) is 5.10 Å². The zero-order chi connectivity index (χ0) is 17.6. The summed E-state index contributed by atoms with van der Waals surface area (Å²) in [5, 5.41) is 6.98. The van der Waals surface area contributed by atoms with Gasteiger partial charge in [-0.3, -0.25) is 4.79 Å². The third kappa shape index (κ3) is 2.47. The second kappa shape index (κ2) is 5.59. The Morgan fingerprint density at radius 1 is 1.12 bits per heavy atom. The molecule has 0 saturated heterocycles. The minimum Gasteiger partial charge on any atom is -0.311 e. The molecule has 0 aliphatic carbocycles. The van der Waals surface area contributed by atoms with Crippen LogP contribution in [0.3, 0.4) is 0 Å². The number of aryl methyl sites for hydroxylation is 2. The van der Waals surface area contributed by atoms with Crippen LogP contribution < -0.4 is 11.0 Å². The molecule has 0 aliphatic heterocycles. The van der Waals surface area contributed by atoms with Crippen molar-refractivity contribution >= 4 is 28.5 Å². The van der Waals surface area contributed by atoms with Crippen LogP contribution in [0.15, 0.2) is 47.3 Å². The lowest BCUT2D eigenvalue weighted by Crippen LogP contribution is -2.28. The first-order valence-electron chi connectivity index (χ1n) is 7.81. The molecule has 126 valence electrons. The Hall–Kier alpha value is -3.42. The van der Waals surface area contributed by atoms with Gasteiger partial charge in [-0.2, -0.15) is 0 Å². The minimum absolute atomic E-state index is 0.176. The highest BCUT2D eigenvalue weighted by Gasteiger charge is 2.17. The lowest BCUT2D eigenvalue weighted by Gasteiger charge is -2.04. The number of imidazole rings is 1. The molecule has 3 aromatic heterocycles. The second-order valence-corrected chi connectivity index (χ2v) is 5.84. The largest absolute Gasteiger partial charge is 0.352 e. The van der Waals surface area contributed by atoms with Crippen LogP contribution >= 0.6 is 0 Å². The Kier molecular flexibility index (Phi) is 3.38. The van der Waals surface area contributed by atoms with Crippen molar-refractivity contribution in [2.75, 3.05) is 5.32 Å². The van der Waals surface area contributed by atoms with Crippen molar-refractivity contribution < 1.29 is 4.79 Å². The number of hydrogen-bond donors (Lipinski definition) is 1. The first kappa shape index (κ1) is 15.1. The van der Waals surface area contributed by atoms with E-state index in [0.717, 1.165) is 21.4 Å². The van der Waals surface area contributed by atoms with Gasteiger partial charge in [-0.25, -0.2) is 18.9 Å². The summed E-state index contributed by atoms with van der Waals surface area (Å²) in [5.41, 5.74) is 2.12. The second-order valence-electron chi connectivity index (χ2n) is 5.84. The number of aromatic nitrogens is 5. The first-order valence-corrected chi connectivity index (χ1v) is 7.81. The van der Waals surface area contributed by atoms with E-state index in [4.69, 9.17) is 0 Å². The van der Waals surface area contributed by atoms with Gasteiger partial charge in [0.2, 0.25) is 11.7 Å². The van der Waals surface area contributed by atoms with E-state index in [1.165, 1.54) is 4.40 Å². The van der Waals surface area contributed by atoms with Crippen LogP contribution in [0.1, 0.15) is 5.69 Å². The van der Waals surface area contributed by atoms with E-state index < -0.39 is 0 Å². The maximum Gasteiger partial charge on any atom is 0.352 e. The summed E-state index contributed by atoms with van der Waals surface area (Å²) in [5.74, 6) is 0.591. The molecule has 0 fully saturated rings. The van der Waals surface area contributed by atoms with Crippen molar-refractivity contribution in [3.8, 4) is 0 Å². The summed E-state index contributed by atoms with van der Waals surface area (Å²) in [6.07, 6.45) is 0. The van der Waals surface area contributed by atoms with Crippen molar-refractivity contribution in [2.45, 2.75) is 13.5 Å². The standard InChI is InChI=1S/C17H16N6O2/c1-11-6-5-9-14(18-11)19-15(24)10-22-17(25)23-13-8-4-3-7-12(13)21(2)16(23)20-22/h3-9H,10H2,1-2H3,(H,18,19,24). The van der Waals surface area contributed by atoms with Gasteiger partial charge < -0.3 is 9.88 Å². The SMILES string of the molecule is Cc1cccc(NC(=O)Cn2nc3n(C)c4ccccc4n3c2=O)n1. The molecule has 0 radical (unpaired) electrons. The molecule has 25 heavy (non-hydrogen) atoms. The van der Waals surface area contributed by atoms with E-state index in [2.05, 4.69) is 15.4 Å². The molecule has 1 amide bonds. The molecule has 0 saturated carbocycles. The maximum atomic E-state index is 12.7. The fraction of sp³-hybridized carbons (Fsp3) is 0.176. The fourth-order valence-corrected chi connectivity index (χ4v) is 2.90. The Labute approximate surface area is 142 Å². The number of carbonyl (C=O) groups is 1. The number of nitrogens with zero attached hydrogens (tertiary/aromatic N) is 5. The molecule has 0 atom stereocenters. The molecular weight excluding hydrogens is 320 g/mol. The van der Waals surface area contributed by atoms with Crippen molar-refractivity contribution in [1.29, 1.82) is 0 Å². The predicted octanol–water partition coefficient (Wildman–Crippen LogP) is 1.33. The number of para-hydroxylation sites is 2. The minimum atomic E-state index is -0.354. The van der Waals surface area contributed by atoms with Gasteiger partial charge in [0.15, 0.2) is 0 Å². The maximum absolute atomic E-state index is 12.7. The van der Waals surface area contributed by atoms with E-state index in [-0.39, 0.29) is 18.1 Å². The quantitative estimate of drug-likeness (QED) is 0.611. The molecule has 4 rings (SSSR count). The smallest absolute Gasteiger partial charge is 0.311 e. The molecule has 1 N–H and O–H groups in total. The molecule has 0 unspecified atom stereocenters. The van der Waals surface area contributed by atoms with Crippen LogP contribution in [0.2, 0.25) is 0 Å². The third-order valence-electron chi connectivity index (χ3n) is 4.06. The van der Waals surface area contributed by atoms with E-state index >= 15 is 0 Å². The molecule has 1 aromatic carbocycles. The van der Waals surface area contributed by atoms with Crippen molar-refractivity contribution in [1.82, 2.24) is 23.7 Å². The molecule has 0 spiro atoms. The third-order valence-corrected chi connectivity index (χ3v) is 4.06. The van der Waals surface area contributed by atoms with Crippen LogP contribution in [-0.2, 0) is 18.4 Å². The highest BCUT2D eigenvalue weighted by atomic mass is 16.2. The van der Waals surface area contributed by atoms with Crippen molar-refractivity contribution in [3.63, 3.8) is 0 Å². The molecule has 0 aliphatic rings. The van der Waals surface area contributed by atoms with Gasteiger partial charge in [0.25, 0.3) is 0 Å². The van der Waals surface area contributed by atoms with Gasteiger partial charge in [0, 0.05) is 12.7 Å². The summed E-state index contributed by atoms with van der Waals surface area (Å²) >= 11 is 0. The van der Waals surface area contributed by atoms with Gasteiger partial charge in [-0.05, 0) is 31.2 Å². The Morgan fingerprint density at radius 2 is 1.88 bits per heavy atom. The summed E-state index contributed by atoms with van der Waals surface area (Å²) in [6, 6.07) is 12.9. The zero-order valence-electron chi connectivity index (χ0n) is 13.8.